The third-order valence-electron chi connectivity index (χ3n) is 10.8. The van der Waals surface area contributed by atoms with E-state index in [2.05, 4.69) is 18.7 Å². The second kappa shape index (κ2) is 21.5. The topological polar surface area (TPSA) is 179 Å². The first-order valence-corrected chi connectivity index (χ1v) is 18.9. The molecule has 0 saturated carbocycles. The van der Waals surface area contributed by atoms with Gasteiger partial charge in [-0.25, -0.2) is 0 Å². The van der Waals surface area contributed by atoms with Gasteiger partial charge in [-0.05, 0) is 99.1 Å². The average molecular weight is 735 g/mol. The minimum Gasteiger partial charge on any atom is -0.459 e. The summed E-state index contributed by atoms with van der Waals surface area (Å²) in [7, 11) is 5.60. The van der Waals surface area contributed by atoms with Crippen LogP contribution in [0.1, 0.15) is 121 Å². The van der Waals surface area contributed by atoms with E-state index in [4.69, 9.17) is 18.9 Å². The van der Waals surface area contributed by atoms with Gasteiger partial charge in [-0.3, -0.25) is 9.59 Å². The number of hydrogen-bond donors (Lipinski definition) is 5. The van der Waals surface area contributed by atoms with E-state index in [-0.39, 0.29) is 43.1 Å². The maximum Gasteiger partial charge on any atom is 0.309 e. The van der Waals surface area contributed by atoms with Crippen molar-refractivity contribution in [2.75, 3.05) is 27.9 Å². The molecule has 3 rings (SSSR count). The van der Waals surface area contributed by atoms with E-state index in [9.17, 15) is 35.1 Å². The third-order valence-corrected chi connectivity index (χ3v) is 10.8. The number of nitrogens with zero attached hydrogens (tertiary/aromatic N) is 2. The number of amides is 1. The third kappa shape index (κ3) is 15.1. The Morgan fingerprint density at radius 1 is 0.843 bits per heavy atom. The number of carbonyl (C=O) groups excluding carboxylic acids is 2. The molecule has 1 amide bonds. The molecule has 0 spiro atoms. The second-order valence-corrected chi connectivity index (χ2v) is 16.4. The van der Waals surface area contributed by atoms with E-state index < -0.39 is 48.0 Å². The molecule has 3 aliphatic heterocycles. The molecule has 0 radical (unpaired) electrons. The zero-order valence-electron chi connectivity index (χ0n) is 33.9. The molecular formula is C38H74N2O11. The number of carbonyl (C=O) groups is 2. The molecule has 13 nitrogen and oxygen atoms in total. The van der Waals surface area contributed by atoms with Gasteiger partial charge >= 0.3 is 5.97 Å². The van der Waals surface area contributed by atoms with Crippen molar-refractivity contribution in [2.45, 2.75) is 181 Å². The van der Waals surface area contributed by atoms with Crippen LogP contribution in [0.4, 0.5) is 0 Å². The van der Waals surface area contributed by atoms with Crippen molar-refractivity contribution in [2.24, 2.45) is 23.7 Å². The van der Waals surface area contributed by atoms with Crippen molar-refractivity contribution in [3.05, 3.63) is 0 Å². The lowest BCUT2D eigenvalue weighted by Crippen LogP contribution is -2.55. The zero-order chi connectivity index (χ0) is 39.4. The van der Waals surface area contributed by atoms with Crippen molar-refractivity contribution in [3.63, 3.8) is 0 Å². The summed E-state index contributed by atoms with van der Waals surface area (Å²) < 4.78 is 21.0. The van der Waals surface area contributed by atoms with Crippen molar-refractivity contribution < 1.29 is 54.1 Å². The normalized spacial score (nSPS) is 42.0. The summed E-state index contributed by atoms with van der Waals surface area (Å²) >= 11 is 0. The molecule has 13 heteroatoms. The molecule has 9 unspecified atom stereocenters. The predicted octanol–water partition coefficient (Wildman–Crippen LogP) is 3.66. The van der Waals surface area contributed by atoms with Crippen molar-refractivity contribution >= 4 is 11.9 Å². The number of ether oxygens (including phenoxy) is 4. The summed E-state index contributed by atoms with van der Waals surface area (Å²) in [5.74, 6) is -0.489. The van der Waals surface area contributed by atoms with Gasteiger partial charge in [0.25, 0.3) is 0 Å². The molecule has 302 valence electrons. The fourth-order valence-corrected chi connectivity index (χ4v) is 7.79. The maximum atomic E-state index is 12.9. The number of methoxy groups -OCH3 is 1. The van der Waals surface area contributed by atoms with Crippen LogP contribution in [0.25, 0.3) is 0 Å². The van der Waals surface area contributed by atoms with Gasteiger partial charge in [0, 0.05) is 38.0 Å². The highest BCUT2D eigenvalue weighted by Gasteiger charge is 2.44. The van der Waals surface area contributed by atoms with E-state index in [1.165, 1.54) is 12.0 Å². The zero-order valence-corrected chi connectivity index (χ0v) is 33.9. The quantitative estimate of drug-likeness (QED) is 0.265. The molecule has 51 heavy (non-hydrogen) atoms. The van der Waals surface area contributed by atoms with Crippen LogP contribution in [0.2, 0.25) is 0 Å². The SMILES string of the molecule is CC1CC(N(C)C)CC(O)O1.CCC1OC(=O)C(C)CC(C)CC(C)C[C@@H](C)N(CO)C(=O)[C@H](C)C[C@]1(C)O.CO[C@]1(C)CC(O)O[C@@H](C)C1O. The molecule has 0 aromatic heterocycles. The van der Waals surface area contributed by atoms with E-state index in [0.29, 0.717) is 30.7 Å². The molecule has 3 heterocycles. The Morgan fingerprint density at radius 2 is 1.43 bits per heavy atom. The molecule has 5 N–H and O–H groups in total. The summed E-state index contributed by atoms with van der Waals surface area (Å²) in [6.45, 7) is 18.5. The van der Waals surface area contributed by atoms with Gasteiger partial charge in [0.2, 0.25) is 5.91 Å². The first-order valence-electron chi connectivity index (χ1n) is 18.9. The van der Waals surface area contributed by atoms with Crippen LogP contribution >= 0.6 is 0 Å². The molecule has 3 saturated heterocycles. The number of hydrogen-bond acceptors (Lipinski definition) is 12. The Hall–Kier alpha value is -1.42. The predicted molar refractivity (Wildman–Crippen MR) is 195 cm³/mol. The highest BCUT2D eigenvalue weighted by Crippen LogP contribution is 2.32. The fraction of sp³-hybridized carbons (Fsp3) is 0.947. The van der Waals surface area contributed by atoms with Gasteiger partial charge < -0.3 is 54.3 Å². The minimum absolute atomic E-state index is 0.0884. The van der Waals surface area contributed by atoms with Crippen LogP contribution < -0.4 is 0 Å². The Kier molecular flexibility index (Phi) is 20.0. The number of cyclic esters (lactones) is 1. The highest BCUT2D eigenvalue weighted by atomic mass is 16.6. The van der Waals surface area contributed by atoms with Crippen LogP contribution in [0, 0.1) is 23.7 Å². The molecule has 0 aromatic rings. The van der Waals surface area contributed by atoms with Crippen LogP contribution in [-0.4, -0.2) is 135 Å². The van der Waals surface area contributed by atoms with Crippen molar-refractivity contribution in [3.8, 4) is 0 Å². The van der Waals surface area contributed by atoms with E-state index in [1.807, 2.05) is 41.8 Å². The second-order valence-electron chi connectivity index (χ2n) is 16.4. The van der Waals surface area contributed by atoms with Crippen molar-refractivity contribution in [1.82, 2.24) is 9.80 Å². The lowest BCUT2D eigenvalue weighted by Gasteiger charge is -2.42. The summed E-state index contributed by atoms with van der Waals surface area (Å²) in [6, 6.07) is 0.378. The summed E-state index contributed by atoms with van der Waals surface area (Å²) in [5, 5.41) is 49.0. The number of aliphatic hydroxyl groups excluding tert-OH is 4. The summed E-state index contributed by atoms with van der Waals surface area (Å²) in [5.41, 5.74) is -2.01. The fourth-order valence-electron chi connectivity index (χ4n) is 7.79. The van der Waals surface area contributed by atoms with Gasteiger partial charge in [0.15, 0.2) is 12.6 Å². The highest BCUT2D eigenvalue weighted by molar-refractivity contribution is 5.78. The van der Waals surface area contributed by atoms with Crippen LogP contribution in [0.3, 0.4) is 0 Å². The van der Waals surface area contributed by atoms with Gasteiger partial charge in [0.05, 0.1) is 29.3 Å². The molecule has 14 atom stereocenters. The number of aliphatic hydroxyl groups is 5. The average Bonchev–Trinajstić information content (AvgIpc) is 3.01. The maximum absolute atomic E-state index is 12.9. The number of rotatable bonds is 4. The van der Waals surface area contributed by atoms with E-state index >= 15 is 0 Å². The number of esters is 1. The molecule has 0 bridgehead atoms. The van der Waals surface area contributed by atoms with Gasteiger partial charge in [-0.1, -0.05) is 34.6 Å². The van der Waals surface area contributed by atoms with Gasteiger partial charge in [-0.2, -0.15) is 0 Å². The molecule has 0 aliphatic carbocycles. The largest absolute Gasteiger partial charge is 0.459 e. The van der Waals surface area contributed by atoms with Gasteiger partial charge in [0.1, 0.15) is 18.9 Å². The lowest BCUT2D eigenvalue weighted by molar-refractivity contribution is -0.263. The monoisotopic (exact) mass is 735 g/mol. The van der Waals surface area contributed by atoms with E-state index in [0.717, 1.165) is 32.1 Å². The molecular weight excluding hydrogens is 660 g/mol. The Labute approximate surface area is 308 Å². The standard InChI is InChI=1S/C22H41NO5.C8H17NO2.C8H16O4/c1-8-19-22(7,27)12-17(5)20(25)23(13-24)18(6)11-15(3)9-14(2)10-16(4)21(26)28-19;1-6-4-7(9(2)3)5-8(10)11-6;1-5-7(10)8(2,11-3)4-6(9)12-5/h14-19,24,27H,8-13H2,1-7H3;6-8,10H,4-5H2,1-3H3;5-7,9-10H,4H2,1-3H3/t14?,15?,16?,17-,18-,19?,22+;;5-,6?,7?,8+/m1.0/s1. The summed E-state index contributed by atoms with van der Waals surface area (Å²) in [6.07, 6.45) is 2.19. The minimum atomic E-state index is -1.32. The lowest BCUT2D eigenvalue weighted by atomic mass is 9.86. The molecule has 3 fully saturated rings. The molecule has 0 aromatic carbocycles. The Balaban J connectivity index is 0.000000459. The smallest absolute Gasteiger partial charge is 0.309 e. The van der Waals surface area contributed by atoms with Crippen LogP contribution in [0.5, 0.6) is 0 Å². The van der Waals surface area contributed by atoms with Gasteiger partial charge in [-0.15, -0.1) is 0 Å². The van der Waals surface area contributed by atoms with Crippen molar-refractivity contribution in [1.29, 1.82) is 0 Å². The van der Waals surface area contributed by atoms with Crippen LogP contribution in [0.15, 0.2) is 0 Å². The molecule has 3 aliphatic rings. The van der Waals surface area contributed by atoms with Crippen LogP contribution in [-0.2, 0) is 28.5 Å². The van der Waals surface area contributed by atoms with E-state index in [1.54, 1.807) is 27.7 Å². The summed E-state index contributed by atoms with van der Waals surface area (Å²) in [4.78, 5) is 29.2. The first-order chi connectivity index (χ1) is 23.5. The Bertz CT molecular complexity index is 1020. The first kappa shape index (κ1) is 47.6. The Morgan fingerprint density at radius 3 is 1.94 bits per heavy atom.